The first-order valence-electron chi connectivity index (χ1n) is 5.36. The summed E-state index contributed by atoms with van der Waals surface area (Å²) in [5.41, 5.74) is -0.810. The highest BCUT2D eigenvalue weighted by molar-refractivity contribution is 5.57. The van der Waals surface area contributed by atoms with Crippen LogP contribution in [0.15, 0.2) is 18.5 Å². The Balaban J connectivity index is 2.68. The smallest absolute Gasteiger partial charge is 0.170 e. The van der Waals surface area contributed by atoms with Crippen molar-refractivity contribution in [2.75, 3.05) is 0 Å². The van der Waals surface area contributed by atoms with E-state index >= 15 is 0 Å². The third kappa shape index (κ3) is 2.10. The van der Waals surface area contributed by atoms with E-state index in [1.807, 2.05) is 20.8 Å². The van der Waals surface area contributed by atoms with Crippen LogP contribution in [-0.2, 0) is 5.54 Å². The molecule has 0 amide bonds. The normalized spacial score (nSPS) is 11.9. The monoisotopic (exact) mass is 255 g/mol. The fraction of sp³-hybridized carbons (Fsp3) is 0.333. The van der Waals surface area contributed by atoms with E-state index in [1.54, 1.807) is 0 Å². The molecule has 0 saturated carbocycles. The Hall–Kier alpha value is -1.85. The number of hydrogen-bond acceptors (Lipinski definition) is 2. The van der Waals surface area contributed by atoms with Crippen LogP contribution in [0.2, 0.25) is 0 Å². The van der Waals surface area contributed by atoms with Crippen molar-refractivity contribution in [1.82, 2.24) is 14.8 Å². The van der Waals surface area contributed by atoms with E-state index in [0.717, 1.165) is 0 Å². The predicted molar refractivity (Wildman–Crippen MR) is 60.3 cm³/mol. The molecule has 0 N–H and O–H groups in total. The molecular weight excluding hydrogens is 243 g/mol. The highest BCUT2D eigenvalue weighted by Gasteiger charge is 2.24. The van der Waals surface area contributed by atoms with Crippen molar-refractivity contribution in [2.24, 2.45) is 0 Å². The van der Waals surface area contributed by atoms with Crippen LogP contribution < -0.4 is 0 Å². The maximum atomic E-state index is 13.7. The van der Waals surface area contributed by atoms with Gasteiger partial charge in [0.15, 0.2) is 5.82 Å². The molecule has 0 spiro atoms. The van der Waals surface area contributed by atoms with Crippen molar-refractivity contribution >= 4 is 0 Å². The lowest BCUT2D eigenvalue weighted by Gasteiger charge is -2.22. The molecule has 3 nitrogen and oxygen atoms in total. The number of benzene rings is 1. The van der Waals surface area contributed by atoms with E-state index in [2.05, 4.69) is 10.2 Å². The number of nitrogens with zero attached hydrogens (tertiary/aromatic N) is 3. The summed E-state index contributed by atoms with van der Waals surface area (Å²) in [7, 11) is 0. The van der Waals surface area contributed by atoms with Gasteiger partial charge in [-0.15, -0.1) is 10.2 Å². The van der Waals surface area contributed by atoms with Gasteiger partial charge in [0.05, 0.1) is 5.56 Å². The molecule has 0 aliphatic heterocycles. The van der Waals surface area contributed by atoms with Gasteiger partial charge in [-0.25, -0.2) is 13.2 Å². The van der Waals surface area contributed by atoms with Crippen molar-refractivity contribution in [3.63, 3.8) is 0 Å². The number of aromatic nitrogens is 3. The highest BCUT2D eigenvalue weighted by Crippen LogP contribution is 2.28. The number of rotatable bonds is 1. The van der Waals surface area contributed by atoms with Crippen LogP contribution in [0.5, 0.6) is 0 Å². The lowest BCUT2D eigenvalue weighted by Crippen LogP contribution is -2.22. The molecule has 18 heavy (non-hydrogen) atoms. The maximum Gasteiger partial charge on any atom is 0.170 e. The molecule has 96 valence electrons. The molecule has 0 saturated heterocycles. The minimum Gasteiger partial charge on any atom is -0.308 e. The third-order valence-corrected chi connectivity index (χ3v) is 2.50. The Kier molecular flexibility index (Phi) is 2.88. The van der Waals surface area contributed by atoms with E-state index in [4.69, 9.17) is 0 Å². The molecule has 0 bridgehead atoms. The summed E-state index contributed by atoms with van der Waals surface area (Å²) in [6, 6.07) is 1.25. The Morgan fingerprint density at radius 1 is 1.06 bits per heavy atom. The summed E-state index contributed by atoms with van der Waals surface area (Å²) in [4.78, 5) is 0. The molecule has 2 aromatic rings. The third-order valence-electron chi connectivity index (χ3n) is 2.50. The molecule has 2 rings (SSSR count). The Morgan fingerprint density at radius 2 is 1.61 bits per heavy atom. The van der Waals surface area contributed by atoms with E-state index in [9.17, 15) is 13.2 Å². The molecule has 1 heterocycles. The standard InChI is InChI=1S/C12H12F3N3/c1-12(2,3)18-6-16-17-11(18)10-8(14)4-7(13)5-9(10)15/h4-6H,1-3H3. The minimum absolute atomic E-state index is 0.0394. The second-order valence-corrected chi connectivity index (χ2v) is 4.94. The summed E-state index contributed by atoms with van der Waals surface area (Å²) < 4.78 is 41.8. The summed E-state index contributed by atoms with van der Waals surface area (Å²) in [6.07, 6.45) is 1.39. The van der Waals surface area contributed by atoms with E-state index in [1.165, 1.54) is 10.9 Å². The fourth-order valence-electron chi connectivity index (χ4n) is 1.65. The quantitative estimate of drug-likeness (QED) is 0.783. The highest BCUT2D eigenvalue weighted by atomic mass is 19.1. The Labute approximate surface area is 102 Å². The first-order valence-corrected chi connectivity index (χ1v) is 5.36. The van der Waals surface area contributed by atoms with Gasteiger partial charge < -0.3 is 4.57 Å². The minimum atomic E-state index is -0.994. The Bertz CT molecular complexity index is 561. The van der Waals surface area contributed by atoms with Crippen LogP contribution in [0.25, 0.3) is 11.4 Å². The summed E-state index contributed by atoms with van der Waals surface area (Å²) in [6.45, 7) is 5.54. The van der Waals surface area contributed by atoms with Crippen LogP contribution in [0.3, 0.4) is 0 Å². The second-order valence-electron chi connectivity index (χ2n) is 4.94. The van der Waals surface area contributed by atoms with Crippen molar-refractivity contribution in [3.05, 3.63) is 35.9 Å². The molecule has 0 fully saturated rings. The fourth-order valence-corrected chi connectivity index (χ4v) is 1.65. The average molecular weight is 255 g/mol. The van der Waals surface area contributed by atoms with Gasteiger partial charge in [-0.05, 0) is 20.8 Å². The molecule has 0 aliphatic carbocycles. The van der Waals surface area contributed by atoms with Crippen LogP contribution in [-0.4, -0.2) is 14.8 Å². The molecule has 6 heteroatoms. The van der Waals surface area contributed by atoms with Crippen LogP contribution in [0.4, 0.5) is 13.2 Å². The topological polar surface area (TPSA) is 30.7 Å². The van der Waals surface area contributed by atoms with E-state index < -0.39 is 23.0 Å². The van der Waals surface area contributed by atoms with Crippen molar-refractivity contribution < 1.29 is 13.2 Å². The van der Waals surface area contributed by atoms with Crippen LogP contribution in [0, 0.1) is 17.5 Å². The van der Waals surface area contributed by atoms with Gasteiger partial charge in [0.1, 0.15) is 23.8 Å². The molecule has 1 aromatic carbocycles. The Morgan fingerprint density at radius 3 is 2.11 bits per heavy atom. The van der Waals surface area contributed by atoms with Gasteiger partial charge in [-0.3, -0.25) is 0 Å². The molecule has 0 atom stereocenters. The van der Waals surface area contributed by atoms with E-state index in [-0.39, 0.29) is 11.4 Å². The number of hydrogen-bond donors (Lipinski definition) is 0. The average Bonchev–Trinajstić information content (AvgIpc) is 2.63. The van der Waals surface area contributed by atoms with E-state index in [0.29, 0.717) is 12.1 Å². The summed E-state index contributed by atoms with van der Waals surface area (Å²) >= 11 is 0. The zero-order chi connectivity index (χ0) is 13.5. The SMILES string of the molecule is CC(C)(C)n1cnnc1-c1c(F)cc(F)cc1F. The zero-order valence-electron chi connectivity index (χ0n) is 10.2. The molecule has 0 aliphatic rings. The molecular formula is C12H12F3N3. The largest absolute Gasteiger partial charge is 0.308 e. The lowest BCUT2D eigenvalue weighted by atomic mass is 10.1. The van der Waals surface area contributed by atoms with Gasteiger partial charge in [-0.1, -0.05) is 0 Å². The predicted octanol–water partition coefficient (Wildman–Crippen LogP) is 3.12. The maximum absolute atomic E-state index is 13.7. The molecule has 1 aromatic heterocycles. The number of halogens is 3. The van der Waals surface area contributed by atoms with Crippen molar-refractivity contribution in [1.29, 1.82) is 0 Å². The molecule has 0 unspecified atom stereocenters. The van der Waals surface area contributed by atoms with Gasteiger partial charge in [0.2, 0.25) is 0 Å². The van der Waals surface area contributed by atoms with Crippen LogP contribution >= 0.6 is 0 Å². The first-order chi connectivity index (χ1) is 8.30. The van der Waals surface area contributed by atoms with Gasteiger partial charge in [-0.2, -0.15) is 0 Å². The lowest BCUT2D eigenvalue weighted by molar-refractivity contribution is 0.398. The van der Waals surface area contributed by atoms with Gasteiger partial charge >= 0.3 is 0 Å². The molecule has 0 radical (unpaired) electrons. The van der Waals surface area contributed by atoms with Crippen molar-refractivity contribution in [2.45, 2.75) is 26.3 Å². The first kappa shape index (κ1) is 12.6. The zero-order valence-corrected chi connectivity index (χ0v) is 10.2. The van der Waals surface area contributed by atoms with Crippen molar-refractivity contribution in [3.8, 4) is 11.4 Å². The second kappa shape index (κ2) is 4.12. The van der Waals surface area contributed by atoms with Gasteiger partial charge in [0, 0.05) is 17.7 Å². The summed E-state index contributed by atoms with van der Waals surface area (Å²) in [5, 5.41) is 7.37. The van der Waals surface area contributed by atoms with Gasteiger partial charge in [0.25, 0.3) is 0 Å². The summed E-state index contributed by atoms with van der Waals surface area (Å²) in [5.74, 6) is -2.91. The van der Waals surface area contributed by atoms with Crippen LogP contribution in [0.1, 0.15) is 20.8 Å².